The second kappa shape index (κ2) is 17.4. The molecule has 0 spiro atoms. The number of hydrogen-bond acceptors (Lipinski definition) is 5. The van der Waals surface area contributed by atoms with Crippen molar-refractivity contribution >= 4 is 22.7 Å². The van der Waals surface area contributed by atoms with Gasteiger partial charge in [-0.3, -0.25) is 9.00 Å². The molecular weight excluding hydrogens is 605 g/mol. The third-order valence-electron chi connectivity index (χ3n) is 8.99. The lowest BCUT2D eigenvalue weighted by Crippen LogP contribution is -2.07. The van der Waals surface area contributed by atoms with E-state index >= 15 is 0 Å². The Morgan fingerprint density at radius 2 is 1.70 bits per heavy atom. The lowest BCUT2D eigenvalue weighted by atomic mass is 9.89. The van der Waals surface area contributed by atoms with E-state index in [4.69, 9.17) is 9.47 Å². The minimum Gasteiger partial charge on any atom is -0.491 e. The first kappa shape index (κ1) is 34.5. The van der Waals surface area contributed by atoms with Crippen LogP contribution in [0.25, 0.3) is 17.2 Å². The van der Waals surface area contributed by atoms with E-state index in [0.29, 0.717) is 31.3 Å². The number of rotatable bonds is 17. The van der Waals surface area contributed by atoms with Crippen molar-refractivity contribution in [1.29, 1.82) is 0 Å². The van der Waals surface area contributed by atoms with E-state index < -0.39 is 10.8 Å². The Morgan fingerprint density at radius 1 is 0.957 bits per heavy atom. The number of nitrogens with zero attached hydrogens (tertiary/aromatic N) is 2. The van der Waals surface area contributed by atoms with E-state index in [1.807, 2.05) is 54.0 Å². The quantitative estimate of drug-likeness (QED) is 0.0842. The molecule has 47 heavy (non-hydrogen) atoms. The van der Waals surface area contributed by atoms with Crippen LogP contribution < -0.4 is 4.74 Å². The second-order valence-electron chi connectivity index (χ2n) is 12.3. The molecule has 0 N–H and O–H groups in total. The van der Waals surface area contributed by atoms with Crippen LogP contribution in [0, 0.1) is 6.92 Å². The monoisotopic (exact) mass is 652 g/mol. The fourth-order valence-electron chi connectivity index (χ4n) is 6.20. The molecule has 0 amide bonds. The number of benzene rings is 3. The number of carbonyl (C=O) groups excluding carboxylic acids is 1. The lowest BCUT2D eigenvalue weighted by molar-refractivity contribution is -0.113. The Hall–Kier alpha value is -3.81. The molecule has 1 aromatic heterocycles. The zero-order valence-corrected chi connectivity index (χ0v) is 28.9. The van der Waals surface area contributed by atoms with E-state index in [9.17, 15) is 9.00 Å². The number of ketones is 1. The van der Waals surface area contributed by atoms with Gasteiger partial charge in [-0.1, -0.05) is 68.7 Å². The smallest absolute Gasteiger partial charge is 0.160 e. The maximum absolute atomic E-state index is 13.1. The number of unbranched alkanes of at least 4 members (excludes halogenated alkanes) is 1. The van der Waals surface area contributed by atoms with Crippen LogP contribution in [0.3, 0.4) is 0 Å². The van der Waals surface area contributed by atoms with Crippen molar-refractivity contribution in [3.63, 3.8) is 0 Å². The van der Waals surface area contributed by atoms with Crippen molar-refractivity contribution in [2.45, 2.75) is 88.8 Å². The normalized spacial score (nSPS) is 14.2. The van der Waals surface area contributed by atoms with Gasteiger partial charge in [-0.2, -0.15) is 0 Å². The zero-order chi connectivity index (χ0) is 33.0. The van der Waals surface area contributed by atoms with Crippen molar-refractivity contribution < 1.29 is 18.5 Å². The molecule has 0 unspecified atom stereocenters. The Bertz CT molecular complexity index is 1650. The summed E-state index contributed by atoms with van der Waals surface area (Å²) < 4.78 is 26.6. The van der Waals surface area contributed by atoms with Gasteiger partial charge in [-0.05, 0) is 103 Å². The van der Waals surface area contributed by atoms with Gasteiger partial charge < -0.3 is 14.0 Å². The molecule has 4 aromatic rings. The summed E-state index contributed by atoms with van der Waals surface area (Å²) in [7, 11) is -1.18. The minimum atomic E-state index is -1.18. The van der Waals surface area contributed by atoms with Crippen LogP contribution in [0.4, 0.5) is 0 Å². The van der Waals surface area contributed by atoms with Gasteiger partial charge >= 0.3 is 0 Å². The largest absolute Gasteiger partial charge is 0.491 e. The van der Waals surface area contributed by atoms with Crippen molar-refractivity contribution in [2.75, 3.05) is 19.8 Å². The average Bonchev–Trinajstić information content (AvgIpc) is 3.76. The summed E-state index contributed by atoms with van der Waals surface area (Å²) in [6.45, 7) is 8.88. The molecule has 0 bridgehead atoms. The third kappa shape index (κ3) is 9.61. The Balaban J connectivity index is 1.23. The summed E-state index contributed by atoms with van der Waals surface area (Å²) in [5.41, 5.74) is 7.50. The van der Waals surface area contributed by atoms with E-state index in [2.05, 4.69) is 49.2 Å². The first-order valence-electron chi connectivity index (χ1n) is 17.1. The van der Waals surface area contributed by atoms with Crippen LogP contribution in [-0.4, -0.2) is 39.4 Å². The molecule has 1 fully saturated rings. The highest BCUT2D eigenvalue weighted by Gasteiger charge is 2.20. The summed E-state index contributed by atoms with van der Waals surface area (Å²) in [6, 6.07) is 22.5. The van der Waals surface area contributed by atoms with Crippen LogP contribution in [-0.2, 0) is 39.0 Å². The van der Waals surface area contributed by atoms with E-state index in [1.165, 1.54) is 31.2 Å². The molecule has 0 radical (unpaired) electrons. The molecular formula is C40H48N2O4S. The summed E-state index contributed by atoms with van der Waals surface area (Å²) in [6.07, 6.45) is 12.9. The summed E-state index contributed by atoms with van der Waals surface area (Å²) in [5.74, 6) is 1.83. The highest BCUT2D eigenvalue weighted by Crippen LogP contribution is 2.38. The third-order valence-corrected chi connectivity index (χ3v) is 10.3. The molecule has 6 nitrogen and oxygen atoms in total. The topological polar surface area (TPSA) is 70.4 Å². The molecule has 248 valence electrons. The highest BCUT2D eigenvalue weighted by atomic mass is 32.2. The van der Waals surface area contributed by atoms with Gasteiger partial charge in [0.1, 0.15) is 12.4 Å². The fourth-order valence-corrected chi connectivity index (χ4v) is 7.42. The number of ether oxygens (including phenoxy) is 2. The maximum atomic E-state index is 13.1. The van der Waals surface area contributed by atoms with Crippen LogP contribution >= 0.6 is 0 Å². The number of allylic oxidation sites excluding steroid dienone is 1. The molecule has 1 aliphatic rings. The average molecular weight is 653 g/mol. The molecule has 0 aliphatic heterocycles. The van der Waals surface area contributed by atoms with Gasteiger partial charge in [0.15, 0.2) is 5.78 Å². The Kier molecular flexibility index (Phi) is 12.8. The maximum Gasteiger partial charge on any atom is 0.160 e. The lowest BCUT2D eigenvalue weighted by Gasteiger charge is -2.15. The van der Waals surface area contributed by atoms with E-state index in [-0.39, 0.29) is 5.78 Å². The van der Waals surface area contributed by atoms with Gasteiger partial charge in [0.25, 0.3) is 0 Å². The number of aryl methyl sites for hydroxylation is 2. The van der Waals surface area contributed by atoms with Gasteiger partial charge in [-0.25, -0.2) is 4.98 Å². The van der Waals surface area contributed by atoms with Crippen LogP contribution in [0.15, 0.2) is 84.0 Å². The number of imidazole rings is 1. The molecule has 0 saturated heterocycles. The Morgan fingerprint density at radius 3 is 2.43 bits per heavy atom. The van der Waals surface area contributed by atoms with Gasteiger partial charge in [-0.15, -0.1) is 0 Å². The molecule has 1 heterocycles. The molecule has 1 atom stereocenters. The van der Waals surface area contributed by atoms with Gasteiger partial charge in [0.05, 0.1) is 40.9 Å². The standard InChI is InChI=1S/C40H48N2O4S/c1-4-6-23-45-24-25-46-37-18-14-32(15-19-37)34-16-22-39(33-9-7-8-10-33)35(27-34)13-17-36(43)26-31-11-20-38(21-12-31)47(44)28-40-30(3)41-29-42(40)5-2/h11-22,27,29,33H,4-10,23-26,28H2,1-3H3/b17-13+/t47-/m0/s1. The van der Waals surface area contributed by atoms with Crippen molar-refractivity contribution in [2.24, 2.45) is 0 Å². The molecule has 5 rings (SSSR count). The van der Waals surface area contributed by atoms with Crippen molar-refractivity contribution in [1.82, 2.24) is 9.55 Å². The number of aromatic nitrogens is 2. The molecule has 1 aliphatic carbocycles. The van der Waals surface area contributed by atoms with Crippen molar-refractivity contribution in [3.8, 4) is 16.9 Å². The van der Waals surface area contributed by atoms with E-state index in [0.717, 1.165) is 70.3 Å². The number of hydrogen-bond donors (Lipinski definition) is 0. The SMILES string of the molecule is CCCCOCCOc1ccc(-c2ccc(C3CCCC3)c(/C=C/C(=O)Cc3ccc([S@@](=O)Cc4c(C)ncn4CC)cc3)c2)cc1. The molecule has 7 heteroatoms. The highest BCUT2D eigenvalue weighted by molar-refractivity contribution is 7.84. The van der Waals surface area contributed by atoms with Crippen LogP contribution in [0.2, 0.25) is 0 Å². The van der Waals surface area contributed by atoms with E-state index in [1.54, 1.807) is 12.4 Å². The Labute approximate surface area is 282 Å². The van der Waals surface area contributed by atoms with Gasteiger partial charge in [0.2, 0.25) is 0 Å². The first-order chi connectivity index (χ1) is 22.9. The van der Waals surface area contributed by atoms with Gasteiger partial charge in [0, 0.05) is 24.5 Å². The second-order valence-corrected chi connectivity index (χ2v) is 13.8. The van der Waals surface area contributed by atoms with Crippen LogP contribution in [0.1, 0.15) is 86.4 Å². The van der Waals surface area contributed by atoms with Crippen LogP contribution in [0.5, 0.6) is 5.75 Å². The minimum absolute atomic E-state index is 0.0456. The molecule has 1 saturated carbocycles. The fraction of sp³-hybridized carbons (Fsp3) is 0.400. The molecule has 3 aromatic carbocycles. The first-order valence-corrected chi connectivity index (χ1v) is 18.4. The summed E-state index contributed by atoms with van der Waals surface area (Å²) in [5, 5.41) is 0. The zero-order valence-electron chi connectivity index (χ0n) is 28.1. The predicted octanol–water partition coefficient (Wildman–Crippen LogP) is 8.86. The number of carbonyl (C=O) groups is 1. The summed E-state index contributed by atoms with van der Waals surface area (Å²) in [4.78, 5) is 18.3. The predicted molar refractivity (Wildman–Crippen MR) is 191 cm³/mol. The van der Waals surface area contributed by atoms with Crippen molar-refractivity contribution in [3.05, 3.63) is 107 Å². The summed E-state index contributed by atoms with van der Waals surface area (Å²) >= 11 is 0.